The monoisotopic (exact) mass is 671 g/mol. The van der Waals surface area contributed by atoms with Gasteiger partial charge in [-0.3, -0.25) is 0 Å². The molecule has 0 saturated carbocycles. The Morgan fingerprint density at radius 2 is 1.36 bits per heavy atom. The van der Waals surface area contributed by atoms with Gasteiger partial charge in [0.25, 0.3) is 0 Å². The number of fused-ring (bicyclic) bond motifs is 9. The van der Waals surface area contributed by atoms with Gasteiger partial charge in [0.15, 0.2) is 0 Å². The third-order valence-electron chi connectivity index (χ3n) is 8.38. The SMILES string of the molecule is Cc1cc(-c2ccc3c(c2)oc2ccc(-c4ccc5c(c4)oc4ccc(N)cc45)c(I)c23)cc2c1sc1ccccc12. The van der Waals surface area contributed by atoms with Gasteiger partial charge < -0.3 is 14.6 Å². The second-order valence-electron chi connectivity index (χ2n) is 10.9. The number of aryl methyl sites for hydroxylation is 1. The zero-order valence-electron chi connectivity index (χ0n) is 22.5. The molecule has 0 spiro atoms. The van der Waals surface area contributed by atoms with Crippen molar-refractivity contribution in [3.63, 3.8) is 0 Å². The predicted octanol–water partition coefficient (Wildman–Crippen LogP) is 11.7. The molecule has 0 bridgehead atoms. The van der Waals surface area contributed by atoms with Crippen LogP contribution in [0.3, 0.4) is 0 Å². The van der Waals surface area contributed by atoms with Crippen LogP contribution in [0.5, 0.6) is 0 Å². The van der Waals surface area contributed by atoms with Crippen molar-refractivity contribution in [2.45, 2.75) is 6.92 Å². The van der Waals surface area contributed by atoms with Crippen LogP contribution in [0.25, 0.3) is 86.3 Å². The lowest BCUT2D eigenvalue weighted by Crippen LogP contribution is -1.85. The van der Waals surface area contributed by atoms with Crippen molar-refractivity contribution in [1.29, 1.82) is 0 Å². The van der Waals surface area contributed by atoms with E-state index in [1.54, 1.807) is 0 Å². The first-order valence-electron chi connectivity index (χ1n) is 13.8. The maximum absolute atomic E-state index is 6.45. The molecule has 0 radical (unpaired) electrons. The highest BCUT2D eigenvalue weighted by molar-refractivity contribution is 14.1. The van der Waals surface area contributed by atoms with Crippen LogP contribution in [-0.2, 0) is 0 Å². The third kappa shape index (κ3) is 3.50. The highest BCUT2D eigenvalue weighted by atomic mass is 127. The number of nitrogens with two attached hydrogens (primary N) is 1. The molecule has 42 heavy (non-hydrogen) atoms. The quantitative estimate of drug-likeness (QED) is 0.147. The molecule has 6 aromatic carbocycles. The van der Waals surface area contributed by atoms with Crippen LogP contribution in [0.1, 0.15) is 5.56 Å². The van der Waals surface area contributed by atoms with E-state index >= 15 is 0 Å². The summed E-state index contributed by atoms with van der Waals surface area (Å²) in [5, 5.41) is 7.02. The largest absolute Gasteiger partial charge is 0.456 e. The number of thiophene rings is 1. The molecule has 3 heterocycles. The topological polar surface area (TPSA) is 52.3 Å². The summed E-state index contributed by atoms with van der Waals surface area (Å²) in [7, 11) is 0. The van der Waals surface area contributed by atoms with Crippen molar-refractivity contribution in [1.82, 2.24) is 0 Å². The second kappa shape index (κ2) is 8.84. The molecule has 9 aromatic rings. The fourth-order valence-corrected chi connectivity index (χ4v) is 8.56. The van der Waals surface area contributed by atoms with Crippen molar-refractivity contribution in [3.8, 4) is 22.3 Å². The van der Waals surface area contributed by atoms with Gasteiger partial charge >= 0.3 is 0 Å². The maximum Gasteiger partial charge on any atom is 0.136 e. The summed E-state index contributed by atoms with van der Waals surface area (Å²) < 4.78 is 16.5. The Morgan fingerprint density at radius 1 is 0.595 bits per heavy atom. The number of nitrogen functional groups attached to an aromatic ring is 1. The van der Waals surface area contributed by atoms with Crippen molar-refractivity contribution in [3.05, 3.63) is 112 Å². The predicted molar refractivity (Wildman–Crippen MR) is 187 cm³/mol. The molecular formula is C37H22INO2S. The second-order valence-corrected chi connectivity index (χ2v) is 13.1. The van der Waals surface area contributed by atoms with E-state index in [1.807, 2.05) is 29.5 Å². The first-order chi connectivity index (χ1) is 20.5. The molecule has 2 N–H and O–H groups in total. The van der Waals surface area contributed by atoms with Gasteiger partial charge in [-0.05, 0) is 130 Å². The van der Waals surface area contributed by atoms with Gasteiger partial charge in [0, 0.05) is 51.0 Å². The lowest BCUT2D eigenvalue weighted by atomic mass is 9.98. The number of benzene rings is 6. The van der Waals surface area contributed by atoms with Gasteiger partial charge in [0.2, 0.25) is 0 Å². The molecule has 0 amide bonds. The van der Waals surface area contributed by atoms with Crippen LogP contribution in [0.4, 0.5) is 5.69 Å². The summed E-state index contributed by atoms with van der Waals surface area (Å²) in [5.74, 6) is 0. The zero-order valence-corrected chi connectivity index (χ0v) is 25.5. The summed E-state index contributed by atoms with van der Waals surface area (Å²) >= 11 is 4.33. The Morgan fingerprint density at radius 3 is 2.29 bits per heavy atom. The molecular weight excluding hydrogens is 649 g/mol. The third-order valence-corrected chi connectivity index (χ3v) is 10.8. The van der Waals surface area contributed by atoms with Gasteiger partial charge in [-0.1, -0.05) is 30.3 Å². The molecule has 0 unspecified atom stereocenters. The number of anilines is 1. The highest BCUT2D eigenvalue weighted by Gasteiger charge is 2.17. The van der Waals surface area contributed by atoms with Crippen molar-refractivity contribution in [2.24, 2.45) is 0 Å². The molecule has 200 valence electrons. The lowest BCUT2D eigenvalue weighted by molar-refractivity contribution is 0.669. The molecule has 0 aliphatic carbocycles. The summed E-state index contributed by atoms with van der Waals surface area (Å²) in [6.07, 6.45) is 0. The summed E-state index contributed by atoms with van der Waals surface area (Å²) in [6.45, 7) is 2.21. The number of rotatable bonds is 2. The molecule has 0 aliphatic rings. The van der Waals surface area contributed by atoms with Gasteiger partial charge in [-0.15, -0.1) is 11.3 Å². The average Bonchev–Trinajstić information content (AvgIpc) is 3.68. The van der Waals surface area contributed by atoms with Crippen molar-refractivity contribution < 1.29 is 8.83 Å². The molecule has 0 saturated heterocycles. The highest BCUT2D eigenvalue weighted by Crippen LogP contribution is 2.42. The van der Waals surface area contributed by atoms with Gasteiger partial charge in [-0.25, -0.2) is 0 Å². The maximum atomic E-state index is 6.45. The molecule has 9 rings (SSSR count). The van der Waals surface area contributed by atoms with E-state index in [-0.39, 0.29) is 0 Å². The van der Waals surface area contributed by atoms with E-state index in [2.05, 4.69) is 114 Å². The van der Waals surface area contributed by atoms with Crippen LogP contribution in [0.15, 0.2) is 112 Å². The van der Waals surface area contributed by atoms with Crippen LogP contribution in [0, 0.1) is 10.5 Å². The van der Waals surface area contributed by atoms with Gasteiger partial charge in [0.1, 0.15) is 22.3 Å². The minimum absolute atomic E-state index is 0.736. The smallest absolute Gasteiger partial charge is 0.136 e. The Bertz CT molecular complexity index is 2570. The van der Waals surface area contributed by atoms with Gasteiger partial charge in [0.05, 0.1) is 0 Å². The van der Waals surface area contributed by atoms with E-state index in [4.69, 9.17) is 14.6 Å². The van der Waals surface area contributed by atoms with Crippen LogP contribution in [-0.4, -0.2) is 0 Å². The summed E-state index contributed by atoms with van der Waals surface area (Å²) in [5.41, 5.74) is 16.2. The molecule has 0 atom stereocenters. The van der Waals surface area contributed by atoms with E-state index in [1.165, 1.54) is 34.9 Å². The Kier molecular flexibility index (Phi) is 5.11. The first-order valence-corrected chi connectivity index (χ1v) is 15.7. The van der Waals surface area contributed by atoms with E-state index in [9.17, 15) is 0 Å². The van der Waals surface area contributed by atoms with Gasteiger partial charge in [-0.2, -0.15) is 0 Å². The summed E-state index contributed by atoms with van der Waals surface area (Å²) in [6, 6.07) is 36.4. The van der Waals surface area contributed by atoms with Crippen molar-refractivity contribution in [2.75, 3.05) is 5.73 Å². The Labute approximate surface area is 258 Å². The fraction of sp³-hybridized carbons (Fsp3) is 0.0270. The molecule has 3 nitrogen and oxygen atoms in total. The van der Waals surface area contributed by atoms with Crippen molar-refractivity contribution >= 4 is 104 Å². The lowest BCUT2D eigenvalue weighted by Gasteiger charge is -2.07. The zero-order chi connectivity index (χ0) is 28.1. The van der Waals surface area contributed by atoms with E-state index in [0.29, 0.717) is 0 Å². The number of hydrogen-bond acceptors (Lipinski definition) is 4. The van der Waals surface area contributed by atoms with Crippen LogP contribution < -0.4 is 5.73 Å². The standard InChI is InChI=1S/C37H22INO2S/c1-19-14-22(15-29-26-4-2-3-5-34(26)42-37(19)29)20-6-10-27-33(16-20)41-31-13-11-24(36(38)35(27)31)21-7-9-25-28-18-23(39)8-12-30(28)40-32(25)17-21/h2-18H,39H2,1H3. The van der Waals surface area contributed by atoms with E-state index < -0.39 is 0 Å². The first kappa shape index (κ1) is 24.3. The van der Waals surface area contributed by atoms with E-state index in [0.717, 1.165) is 66.3 Å². The van der Waals surface area contributed by atoms with Crippen LogP contribution in [0.2, 0.25) is 0 Å². The van der Waals surface area contributed by atoms with Crippen LogP contribution >= 0.6 is 33.9 Å². The molecule has 0 aliphatic heterocycles. The number of furan rings is 2. The Hall–Kier alpha value is -4.33. The molecule has 5 heteroatoms. The number of halogens is 1. The fourth-order valence-electron chi connectivity index (χ4n) is 6.36. The molecule has 0 fully saturated rings. The normalized spacial score (nSPS) is 12.1. The minimum atomic E-state index is 0.736. The number of hydrogen-bond donors (Lipinski definition) is 1. The average molecular weight is 672 g/mol. The Balaban J connectivity index is 1.18. The summed E-state index contributed by atoms with van der Waals surface area (Å²) in [4.78, 5) is 0. The molecule has 3 aromatic heterocycles. The minimum Gasteiger partial charge on any atom is -0.456 e.